The molecule has 1 aliphatic rings. The summed E-state index contributed by atoms with van der Waals surface area (Å²) < 4.78 is 39.5. The molecule has 7 N–H and O–H groups in total. The summed E-state index contributed by atoms with van der Waals surface area (Å²) in [5.74, 6) is -5.14. The van der Waals surface area contributed by atoms with E-state index in [1.54, 1.807) is 65.0 Å². The lowest BCUT2D eigenvalue weighted by atomic mass is 9.94. The average Bonchev–Trinajstić information content (AvgIpc) is 3.95. The fourth-order valence-electron chi connectivity index (χ4n) is 9.37. The Labute approximate surface area is 441 Å². The molecule has 6 rings (SSSR count). The quantitative estimate of drug-likeness (QED) is 0.0339. The lowest BCUT2D eigenvalue weighted by Gasteiger charge is -2.37. The number of nitrogens with one attached hydrogen (secondary N) is 5. The Hall–Kier alpha value is -6.90. The first kappa shape index (κ1) is 57.4. The highest BCUT2D eigenvalue weighted by Crippen LogP contribution is 2.33. The number of fused-ring (bicyclic) bond motifs is 2. The topological polar surface area (TPSA) is 267 Å². The van der Waals surface area contributed by atoms with Gasteiger partial charge in [-0.1, -0.05) is 86.1 Å². The summed E-state index contributed by atoms with van der Waals surface area (Å²) in [7, 11) is -4.33. The van der Waals surface area contributed by atoms with Crippen LogP contribution in [0.1, 0.15) is 114 Å². The van der Waals surface area contributed by atoms with E-state index >= 15 is 0 Å². The number of likely N-dealkylation sites (tertiary alicyclic amines) is 1. The lowest BCUT2D eigenvalue weighted by molar-refractivity contribution is -0.147. The molecule has 1 fully saturated rings. The monoisotopic (exact) mass is 1070 g/mol. The van der Waals surface area contributed by atoms with E-state index in [0.717, 1.165) is 21.0 Å². The summed E-state index contributed by atoms with van der Waals surface area (Å²) in [6, 6.07) is 19.6. The summed E-state index contributed by atoms with van der Waals surface area (Å²) in [5.41, 5.74) is -0.428. The van der Waals surface area contributed by atoms with Gasteiger partial charge in [-0.15, -0.1) is 11.3 Å². The van der Waals surface area contributed by atoms with E-state index in [1.807, 2.05) is 54.8 Å². The lowest BCUT2D eigenvalue weighted by Crippen LogP contribution is -2.63. The van der Waals surface area contributed by atoms with Crippen molar-refractivity contribution in [3.63, 3.8) is 0 Å². The van der Waals surface area contributed by atoms with Crippen LogP contribution in [0.4, 0.5) is 0 Å². The van der Waals surface area contributed by atoms with Crippen molar-refractivity contribution >= 4 is 83.7 Å². The predicted octanol–water partition coefficient (Wildman–Crippen LogP) is 6.23. The van der Waals surface area contributed by atoms with Crippen LogP contribution in [0, 0.1) is 0 Å². The number of hydrogen-bond acceptors (Lipinski definition) is 11. The molecule has 5 atom stereocenters. The maximum absolute atomic E-state index is 14.9. The first-order valence-corrected chi connectivity index (χ1v) is 27.7. The van der Waals surface area contributed by atoms with Crippen molar-refractivity contribution in [2.24, 2.45) is 0 Å². The SMILES string of the molecule is CCC[C@H](NC(=O)[C@H](Cc1ccc(CS(=O)(=O)O)cc1)NC(=O)c1c(OCC)ccc2ccccc12)C(=O)N1CCC[C@@]1(C)C(=O)N[C@@H](Cc1csc2ccccc12)C(=O)N[C@@H](CCCC(=O)O)C(=O)NC(C)(C)C. The Balaban J connectivity index is 1.28. The highest BCUT2D eigenvalue weighted by molar-refractivity contribution is 7.85. The van der Waals surface area contributed by atoms with Gasteiger partial charge in [0.15, 0.2) is 0 Å². The van der Waals surface area contributed by atoms with Crippen LogP contribution in [0.25, 0.3) is 20.9 Å². The van der Waals surface area contributed by atoms with E-state index in [1.165, 1.54) is 28.4 Å². The number of amides is 6. The van der Waals surface area contributed by atoms with Crippen molar-refractivity contribution in [1.29, 1.82) is 0 Å². The van der Waals surface area contributed by atoms with E-state index in [2.05, 4.69) is 26.6 Å². The number of rotatable bonds is 24. The Morgan fingerprint density at radius 2 is 1.40 bits per heavy atom. The van der Waals surface area contributed by atoms with E-state index in [9.17, 15) is 51.6 Å². The second-order valence-corrected chi connectivity index (χ2v) is 22.5. The zero-order valence-electron chi connectivity index (χ0n) is 43.2. The Morgan fingerprint density at radius 3 is 2.05 bits per heavy atom. The molecule has 0 unspecified atom stereocenters. The van der Waals surface area contributed by atoms with Crippen LogP contribution in [-0.4, -0.2) is 113 Å². The number of nitrogens with zero attached hydrogens (tertiary/aromatic N) is 1. The molecule has 18 nitrogen and oxygen atoms in total. The number of hydrogen-bond donors (Lipinski definition) is 7. The van der Waals surface area contributed by atoms with Crippen LogP contribution in [0.15, 0.2) is 90.3 Å². The van der Waals surface area contributed by atoms with E-state index in [0.29, 0.717) is 29.4 Å². The van der Waals surface area contributed by atoms with Crippen molar-refractivity contribution in [3.05, 3.63) is 113 Å². The van der Waals surface area contributed by atoms with Gasteiger partial charge in [0.2, 0.25) is 29.5 Å². The number of carbonyl (C=O) groups is 7. The molecular formula is C55H68N6O12S2. The smallest absolute Gasteiger partial charge is 0.303 e. The van der Waals surface area contributed by atoms with Crippen LogP contribution < -0.4 is 31.3 Å². The van der Waals surface area contributed by atoms with Crippen LogP contribution in [0.3, 0.4) is 0 Å². The minimum atomic E-state index is -4.33. The maximum atomic E-state index is 14.9. The Morgan fingerprint density at radius 1 is 0.760 bits per heavy atom. The molecule has 5 aromatic rings. The largest absolute Gasteiger partial charge is 0.493 e. The number of carboxylic acids is 1. The second kappa shape index (κ2) is 25.1. The first-order chi connectivity index (χ1) is 35.5. The summed E-state index contributed by atoms with van der Waals surface area (Å²) >= 11 is 1.47. The highest BCUT2D eigenvalue weighted by Gasteiger charge is 2.48. The summed E-state index contributed by atoms with van der Waals surface area (Å²) in [5, 5.41) is 27.8. The number of thiophene rings is 1. The molecule has 1 aliphatic heterocycles. The fraction of sp³-hybridized carbons (Fsp3) is 0.436. The zero-order valence-corrected chi connectivity index (χ0v) is 44.8. The van der Waals surface area contributed by atoms with Gasteiger partial charge >= 0.3 is 5.97 Å². The van der Waals surface area contributed by atoms with Crippen LogP contribution in [0.2, 0.25) is 0 Å². The standard InChI is InChI=1S/C55H68N6O12S2/c1-7-15-41(57-48(64)42(30-34-22-24-35(25-23-34)33-75(70,71)72)58-51(67)47-39-18-10-9-16-36(39)26-27-44(47)73-8-2)52(68)61-29-14-28-55(61,6)53(69)59-43(31-37-32-74-45-20-12-11-17-38(37)45)49(65)56-40(19-13-21-46(62)63)50(66)60-54(3,4)5/h9-12,16-18,20,22-27,32,40-43H,7-8,13-15,19,21,28-31,33H2,1-6H3,(H,56,65)(H,57,64)(H,58,67)(H,59,69)(H,60,66)(H,62,63)(H,70,71,72)/t40-,41-,42-,43-,55-/m0/s1. The number of benzene rings is 4. The van der Waals surface area contributed by atoms with E-state index in [-0.39, 0.29) is 69.4 Å². The molecule has 4 aromatic carbocycles. The van der Waals surface area contributed by atoms with Gasteiger partial charge in [-0.05, 0) is 117 Å². The molecule has 6 amide bonds. The summed E-state index contributed by atoms with van der Waals surface area (Å²) in [6.45, 7) is 10.9. The molecule has 0 bridgehead atoms. The molecular weight excluding hydrogens is 1000 g/mol. The summed E-state index contributed by atoms with van der Waals surface area (Å²) in [4.78, 5) is 99.9. The molecule has 0 radical (unpaired) electrons. The van der Waals surface area contributed by atoms with Crippen LogP contribution >= 0.6 is 11.3 Å². The van der Waals surface area contributed by atoms with E-state index in [4.69, 9.17) is 4.74 Å². The van der Waals surface area contributed by atoms with E-state index < -0.39 is 92.5 Å². The van der Waals surface area contributed by atoms with Gasteiger partial charge in [0, 0.05) is 36.0 Å². The molecule has 0 saturated carbocycles. The molecule has 2 heterocycles. The average molecular weight is 1070 g/mol. The zero-order chi connectivity index (χ0) is 54.7. The van der Waals surface area contributed by atoms with Crippen LogP contribution in [-0.2, 0) is 57.5 Å². The number of carbonyl (C=O) groups excluding carboxylic acids is 6. The number of carboxylic acid groups (broad SMARTS) is 1. The van der Waals surface area contributed by atoms with Gasteiger partial charge < -0.3 is 41.3 Å². The maximum Gasteiger partial charge on any atom is 0.303 e. The molecule has 0 spiro atoms. The van der Waals surface area contributed by atoms with Crippen LogP contribution in [0.5, 0.6) is 5.75 Å². The van der Waals surface area contributed by atoms with Gasteiger partial charge in [0.1, 0.15) is 41.2 Å². The molecule has 1 aromatic heterocycles. The van der Waals surface area contributed by atoms with Crippen molar-refractivity contribution in [2.45, 2.75) is 140 Å². The number of ether oxygens (including phenoxy) is 1. The molecule has 0 aliphatic carbocycles. The van der Waals surface area contributed by atoms with Gasteiger partial charge in [-0.2, -0.15) is 8.42 Å². The normalized spacial score (nSPS) is 16.3. The highest BCUT2D eigenvalue weighted by atomic mass is 32.2. The van der Waals surface area contributed by atoms with Crippen molar-refractivity contribution < 1.29 is 56.4 Å². The molecule has 402 valence electrons. The predicted molar refractivity (Wildman–Crippen MR) is 287 cm³/mol. The van der Waals surface area contributed by atoms with Crippen molar-refractivity contribution in [1.82, 2.24) is 31.5 Å². The molecule has 1 saturated heterocycles. The van der Waals surface area contributed by atoms with Gasteiger partial charge in [-0.25, -0.2) is 0 Å². The van der Waals surface area contributed by atoms with Crippen molar-refractivity contribution in [2.75, 3.05) is 13.2 Å². The third-order valence-electron chi connectivity index (χ3n) is 13.1. The third-order valence-corrected chi connectivity index (χ3v) is 14.8. The fourth-order valence-corrected chi connectivity index (χ4v) is 11.0. The van der Waals surface area contributed by atoms with Gasteiger partial charge in [-0.3, -0.25) is 38.1 Å². The Bertz CT molecular complexity index is 3010. The van der Waals surface area contributed by atoms with Gasteiger partial charge in [0.05, 0.1) is 12.2 Å². The second-order valence-electron chi connectivity index (χ2n) is 20.2. The number of aliphatic carboxylic acids is 1. The Kier molecular flexibility index (Phi) is 19.2. The van der Waals surface area contributed by atoms with Gasteiger partial charge in [0.25, 0.3) is 16.0 Å². The third kappa shape index (κ3) is 15.4. The molecule has 20 heteroatoms. The summed E-state index contributed by atoms with van der Waals surface area (Å²) in [6.07, 6.45) is 0.985. The first-order valence-electron chi connectivity index (χ1n) is 25.2. The minimum Gasteiger partial charge on any atom is -0.493 e. The molecule has 75 heavy (non-hydrogen) atoms. The van der Waals surface area contributed by atoms with Crippen molar-refractivity contribution in [3.8, 4) is 5.75 Å². The minimum absolute atomic E-state index is 0.0118.